The van der Waals surface area contributed by atoms with E-state index in [0.29, 0.717) is 22.9 Å². The summed E-state index contributed by atoms with van der Waals surface area (Å²) >= 11 is 0.949. The number of benzene rings is 3. The van der Waals surface area contributed by atoms with E-state index in [1.165, 1.54) is 10.5 Å². The lowest BCUT2D eigenvalue weighted by molar-refractivity contribution is -0.113. The van der Waals surface area contributed by atoms with Crippen molar-refractivity contribution >= 4 is 34.7 Å². The van der Waals surface area contributed by atoms with Crippen molar-refractivity contribution in [1.82, 2.24) is 0 Å². The second-order valence-corrected chi connectivity index (χ2v) is 8.34. The van der Waals surface area contributed by atoms with E-state index in [2.05, 4.69) is 6.92 Å². The van der Waals surface area contributed by atoms with E-state index in [1.54, 1.807) is 6.08 Å². The van der Waals surface area contributed by atoms with Crippen molar-refractivity contribution in [2.75, 3.05) is 4.90 Å². The van der Waals surface area contributed by atoms with E-state index in [0.717, 1.165) is 34.9 Å². The number of carbonyl (C=O) groups is 2. The first-order chi connectivity index (χ1) is 15.0. The topological polar surface area (TPSA) is 46.6 Å². The third-order valence-electron chi connectivity index (χ3n) is 5.12. The molecule has 1 aliphatic rings. The van der Waals surface area contributed by atoms with Crippen LogP contribution in [0.1, 0.15) is 29.2 Å². The first-order valence-electron chi connectivity index (χ1n) is 10.2. The van der Waals surface area contributed by atoms with Crippen LogP contribution in [-0.2, 0) is 17.8 Å². The number of imide groups is 1. The molecule has 0 unspecified atom stereocenters. The first kappa shape index (κ1) is 20.9. The van der Waals surface area contributed by atoms with Gasteiger partial charge in [-0.25, -0.2) is 4.90 Å². The third-order valence-corrected chi connectivity index (χ3v) is 5.99. The molecule has 3 aromatic carbocycles. The summed E-state index contributed by atoms with van der Waals surface area (Å²) < 4.78 is 6.01. The van der Waals surface area contributed by atoms with Gasteiger partial charge in [0.05, 0.1) is 10.6 Å². The molecular weight excluding hydrogens is 406 g/mol. The summed E-state index contributed by atoms with van der Waals surface area (Å²) in [4.78, 5) is 27.1. The summed E-state index contributed by atoms with van der Waals surface area (Å²) in [6.45, 7) is 4.54. The molecule has 0 N–H and O–H groups in total. The van der Waals surface area contributed by atoms with Crippen LogP contribution in [0.4, 0.5) is 10.5 Å². The van der Waals surface area contributed by atoms with Crippen LogP contribution in [0, 0.1) is 6.92 Å². The minimum absolute atomic E-state index is 0.293. The standard InChI is InChI=1S/C26H23NO3S/c1-3-19-12-14-22(15-13-19)27-25(28)24(31-26(27)29)16-21-6-4-5-7-23(21)30-17-20-10-8-18(2)9-11-20/h4-16H,3,17H2,1-2H3/b24-16-. The van der Waals surface area contributed by atoms with Crippen LogP contribution in [0.25, 0.3) is 6.08 Å². The molecule has 0 atom stereocenters. The van der Waals surface area contributed by atoms with Gasteiger partial charge in [0.1, 0.15) is 12.4 Å². The second kappa shape index (κ2) is 9.23. The zero-order chi connectivity index (χ0) is 21.8. The summed E-state index contributed by atoms with van der Waals surface area (Å²) in [5.74, 6) is 0.356. The minimum Gasteiger partial charge on any atom is -0.488 e. The molecule has 0 saturated carbocycles. The van der Waals surface area contributed by atoms with Gasteiger partial charge < -0.3 is 4.74 Å². The fraction of sp³-hybridized carbons (Fsp3) is 0.154. The van der Waals surface area contributed by atoms with Gasteiger partial charge in [-0.15, -0.1) is 0 Å². The highest BCUT2D eigenvalue weighted by Crippen LogP contribution is 2.37. The molecule has 0 spiro atoms. The van der Waals surface area contributed by atoms with Crippen molar-refractivity contribution in [1.29, 1.82) is 0 Å². The zero-order valence-corrected chi connectivity index (χ0v) is 18.3. The SMILES string of the molecule is CCc1ccc(N2C(=O)S/C(=C\c3ccccc3OCc3ccc(C)cc3)C2=O)cc1. The van der Waals surface area contributed by atoms with Gasteiger partial charge in [0.2, 0.25) is 0 Å². The van der Waals surface area contributed by atoms with E-state index in [-0.39, 0.29) is 11.1 Å². The molecule has 4 rings (SSSR count). The third kappa shape index (κ3) is 4.72. The number of amides is 2. The average molecular weight is 430 g/mol. The number of anilines is 1. The van der Waals surface area contributed by atoms with Crippen molar-refractivity contribution in [2.24, 2.45) is 0 Å². The molecule has 1 saturated heterocycles. The molecule has 3 aromatic rings. The van der Waals surface area contributed by atoms with Crippen LogP contribution < -0.4 is 9.64 Å². The van der Waals surface area contributed by atoms with Gasteiger partial charge in [-0.1, -0.05) is 67.1 Å². The molecule has 0 aliphatic carbocycles. The quantitative estimate of drug-likeness (QED) is 0.427. The van der Waals surface area contributed by atoms with E-state index in [9.17, 15) is 9.59 Å². The Morgan fingerprint density at radius 1 is 0.903 bits per heavy atom. The van der Waals surface area contributed by atoms with E-state index in [1.807, 2.05) is 79.7 Å². The largest absolute Gasteiger partial charge is 0.488 e. The van der Waals surface area contributed by atoms with Crippen molar-refractivity contribution in [2.45, 2.75) is 26.9 Å². The van der Waals surface area contributed by atoms with Gasteiger partial charge in [-0.2, -0.15) is 0 Å². The number of rotatable bonds is 6. The van der Waals surface area contributed by atoms with Crippen LogP contribution >= 0.6 is 11.8 Å². The fourth-order valence-corrected chi connectivity index (χ4v) is 4.12. The lowest BCUT2D eigenvalue weighted by Gasteiger charge is -2.13. The number of aryl methyl sites for hydroxylation is 2. The smallest absolute Gasteiger partial charge is 0.298 e. The lowest BCUT2D eigenvalue weighted by atomic mass is 10.1. The number of ether oxygens (including phenoxy) is 1. The van der Waals surface area contributed by atoms with Crippen molar-refractivity contribution in [3.05, 3.63) is 100.0 Å². The molecule has 0 aromatic heterocycles. The fourth-order valence-electron chi connectivity index (χ4n) is 3.29. The molecule has 1 aliphatic heterocycles. The number of nitrogens with zero attached hydrogens (tertiary/aromatic N) is 1. The minimum atomic E-state index is -0.312. The Morgan fingerprint density at radius 3 is 2.29 bits per heavy atom. The average Bonchev–Trinajstić information content (AvgIpc) is 3.07. The number of thioether (sulfide) groups is 1. The molecule has 31 heavy (non-hydrogen) atoms. The maximum absolute atomic E-state index is 13.0. The monoisotopic (exact) mass is 429 g/mol. The maximum Gasteiger partial charge on any atom is 0.298 e. The Labute approximate surface area is 186 Å². The van der Waals surface area contributed by atoms with Crippen LogP contribution in [0.2, 0.25) is 0 Å². The van der Waals surface area contributed by atoms with Gasteiger partial charge in [-0.05, 0) is 60.5 Å². The maximum atomic E-state index is 13.0. The van der Waals surface area contributed by atoms with E-state index >= 15 is 0 Å². The highest BCUT2D eigenvalue weighted by Gasteiger charge is 2.36. The van der Waals surface area contributed by atoms with Crippen molar-refractivity contribution < 1.29 is 14.3 Å². The Bertz CT molecular complexity index is 1130. The number of hydrogen-bond donors (Lipinski definition) is 0. The summed E-state index contributed by atoms with van der Waals surface area (Å²) in [5, 5.41) is -0.293. The van der Waals surface area contributed by atoms with Gasteiger partial charge in [0, 0.05) is 5.56 Å². The molecule has 0 radical (unpaired) electrons. The summed E-state index contributed by atoms with van der Waals surface area (Å²) in [7, 11) is 0. The van der Waals surface area contributed by atoms with Crippen molar-refractivity contribution in [3.63, 3.8) is 0 Å². The van der Waals surface area contributed by atoms with Crippen LogP contribution in [0.3, 0.4) is 0 Å². The van der Waals surface area contributed by atoms with Crippen molar-refractivity contribution in [3.8, 4) is 5.75 Å². The van der Waals surface area contributed by atoms with Crippen LogP contribution in [0.5, 0.6) is 5.75 Å². The Morgan fingerprint density at radius 2 is 1.58 bits per heavy atom. The summed E-state index contributed by atoms with van der Waals surface area (Å²) in [6.07, 6.45) is 2.64. The predicted octanol–water partition coefficient (Wildman–Crippen LogP) is 6.38. The number of hydrogen-bond acceptors (Lipinski definition) is 4. The van der Waals surface area contributed by atoms with Crippen LogP contribution in [0.15, 0.2) is 77.7 Å². The molecule has 0 bridgehead atoms. The molecule has 5 heteroatoms. The Hall–Kier alpha value is -3.31. The zero-order valence-electron chi connectivity index (χ0n) is 17.5. The number of carbonyl (C=O) groups excluding carboxylic acids is 2. The molecule has 1 fully saturated rings. The lowest BCUT2D eigenvalue weighted by Crippen LogP contribution is -2.27. The summed E-state index contributed by atoms with van der Waals surface area (Å²) in [6, 6.07) is 23.2. The van der Waals surface area contributed by atoms with Gasteiger partial charge in [-0.3, -0.25) is 9.59 Å². The summed E-state index contributed by atoms with van der Waals surface area (Å²) in [5.41, 5.74) is 4.78. The van der Waals surface area contributed by atoms with E-state index in [4.69, 9.17) is 4.74 Å². The molecular formula is C26H23NO3S. The Kier molecular flexibility index (Phi) is 6.23. The predicted molar refractivity (Wildman–Crippen MR) is 126 cm³/mol. The van der Waals surface area contributed by atoms with Gasteiger partial charge in [0.25, 0.3) is 11.1 Å². The first-order valence-corrected chi connectivity index (χ1v) is 11.0. The Balaban J connectivity index is 1.55. The molecule has 156 valence electrons. The molecule has 1 heterocycles. The highest BCUT2D eigenvalue weighted by molar-refractivity contribution is 8.19. The van der Waals surface area contributed by atoms with E-state index < -0.39 is 0 Å². The molecule has 4 nitrogen and oxygen atoms in total. The number of para-hydroxylation sites is 1. The van der Waals surface area contributed by atoms with Gasteiger partial charge >= 0.3 is 0 Å². The van der Waals surface area contributed by atoms with Gasteiger partial charge in [0.15, 0.2) is 0 Å². The van der Waals surface area contributed by atoms with Crippen LogP contribution in [-0.4, -0.2) is 11.1 Å². The second-order valence-electron chi connectivity index (χ2n) is 7.35. The molecule has 2 amide bonds. The highest BCUT2D eigenvalue weighted by atomic mass is 32.2. The normalized spacial score (nSPS) is 15.0.